The van der Waals surface area contributed by atoms with Crippen LogP contribution in [0.2, 0.25) is 0 Å². The van der Waals surface area contributed by atoms with E-state index < -0.39 is 25.9 Å². The molecule has 3 rings (SSSR count). The summed E-state index contributed by atoms with van der Waals surface area (Å²) in [7, 11) is -8.03. The summed E-state index contributed by atoms with van der Waals surface area (Å²) in [6, 6.07) is 11.0. The monoisotopic (exact) mass is 435 g/mol. The average molecular weight is 435 g/mol. The van der Waals surface area contributed by atoms with Crippen LogP contribution < -0.4 is 4.72 Å². The van der Waals surface area contributed by atoms with E-state index in [0.717, 1.165) is 24.3 Å². The molecule has 1 heterocycles. The number of nitrogens with one attached hydrogen (secondary N) is 1. The van der Waals surface area contributed by atoms with E-state index in [4.69, 9.17) is 0 Å². The maximum Gasteiger partial charge on any atom is 0.261 e. The fourth-order valence-corrected chi connectivity index (χ4v) is 4.37. The third kappa shape index (κ3) is 5.06. The van der Waals surface area contributed by atoms with Gasteiger partial charge in [-0.15, -0.1) is 0 Å². The van der Waals surface area contributed by atoms with Crippen LogP contribution in [0.25, 0.3) is 4.72 Å². The average Bonchev–Trinajstić information content (AvgIpc) is 2.61. The van der Waals surface area contributed by atoms with Gasteiger partial charge in [0.05, 0.1) is 9.79 Å². The highest BCUT2D eigenvalue weighted by atomic mass is 32.2. The molecule has 1 N–H and O–H groups in total. The molecule has 0 fully saturated rings. The fourth-order valence-electron chi connectivity index (χ4n) is 2.43. The van der Waals surface area contributed by atoms with Gasteiger partial charge in [-0.2, -0.15) is 0 Å². The third-order valence-corrected chi connectivity index (χ3v) is 6.37. The lowest BCUT2D eigenvalue weighted by Crippen LogP contribution is -2.13. The molecule has 3 aromatic rings. The van der Waals surface area contributed by atoms with E-state index in [1.165, 1.54) is 24.3 Å². The number of aromatic nitrogens is 2. The number of benzene rings is 2. The topological polar surface area (TPSA) is 120 Å². The Bertz CT molecular complexity index is 1220. The minimum absolute atomic E-state index is 0.127. The first-order valence-corrected chi connectivity index (χ1v) is 11.2. The second kappa shape index (κ2) is 7.76. The Labute approximate surface area is 168 Å². The van der Waals surface area contributed by atoms with Crippen LogP contribution in [0.3, 0.4) is 0 Å². The van der Waals surface area contributed by atoms with Gasteiger partial charge in [0.1, 0.15) is 5.82 Å². The molecule has 0 unspecified atom stereocenters. The van der Waals surface area contributed by atoms with Gasteiger partial charge in [-0.1, -0.05) is 6.07 Å². The summed E-state index contributed by atoms with van der Waals surface area (Å²) < 4.78 is 68.4. The molecule has 0 saturated carbocycles. The summed E-state index contributed by atoms with van der Waals surface area (Å²) in [6.45, 7) is 3.39. The predicted molar refractivity (Wildman–Crippen MR) is 105 cm³/mol. The molecule has 152 valence electrons. The minimum Gasteiger partial charge on any atom is -0.363 e. The van der Waals surface area contributed by atoms with E-state index in [-0.39, 0.29) is 21.4 Å². The predicted octanol–water partition coefficient (Wildman–Crippen LogP) is 3.43. The van der Waals surface area contributed by atoms with Gasteiger partial charge in [0, 0.05) is 11.6 Å². The Morgan fingerprint density at radius 3 is 1.90 bits per heavy atom. The molecule has 8 nitrogen and oxygen atoms in total. The van der Waals surface area contributed by atoms with Crippen molar-refractivity contribution in [2.45, 2.75) is 23.6 Å². The van der Waals surface area contributed by atoms with Crippen molar-refractivity contribution in [3.63, 3.8) is 0 Å². The second-order valence-corrected chi connectivity index (χ2v) is 9.39. The Morgan fingerprint density at radius 2 is 1.34 bits per heavy atom. The quantitative estimate of drug-likeness (QED) is 0.633. The van der Waals surface area contributed by atoms with Gasteiger partial charge in [-0.3, -0.25) is 9.44 Å². The Kier molecular flexibility index (Phi) is 5.53. The van der Waals surface area contributed by atoms with E-state index >= 15 is 0 Å². The van der Waals surface area contributed by atoms with E-state index in [1.54, 1.807) is 19.9 Å². The maximum absolute atomic E-state index is 13.0. The van der Waals surface area contributed by atoms with Crippen molar-refractivity contribution in [3.05, 3.63) is 76.5 Å². The molecule has 0 bridgehead atoms. The summed E-state index contributed by atoms with van der Waals surface area (Å²) in [5.74, 6) is -0.737. The Balaban J connectivity index is 1.79. The number of hydrogen-bond donors (Lipinski definition) is 1. The number of anilines is 1. The van der Waals surface area contributed by atoms with Gasteiger partial charge in [0.25, 0.3) is 10.0 Å². The van der Waals surface area contributed by atoms with Crippen LogP contribution in [0.1, 0.15) is 11.4 Å². The normalized spacial score (nSPS) is 11.8. The van der Waals surface area contributed by atoms with Crippen LogP contribution in [0.4, 0.5) is 16.0 Å². The van der Waals surface area contributed by atoms with Gasteiger partial charge < -0.3 is 9.97 Å². The van der Waals surface area contributed by atoms with Crippen molar-refractivity contribution in [3.8, 4) is 0 Å². The first kappa shape index (κ1) is 20.7. The van der Waals surface area contributed by atoms with Crippen molar-refractivity contribution < 1.29 is 21.2 Å². The van der Waals surface area contributed by atoms with Gasteiger partial charge in [0.15, 0.2) is 0 Å². The largest absolute Gasteiger partial charge is 0.363 e. The number of sulfonamides is 2. The summed E-state index contributed by atoms with van der Waals surface area (Å²) in [4.78, 5) is 7.67. The standard InChI is InChI=1S/C18H16FN4O4S2/c1-12-11-13(2)21-18(20-12)23-29(26,27)17-9-5-15(6-10-17)22-28(24,25)16-7-3-14(19)4-8-16/h3-11,22H,1-2H3/q-1. The molecule has 0 saturated heterocycles. The van der Waals surface area contributed by atoms with Gasteiger partial charge in [0.2, 0.25) is 10.0 Å². The summed E-state index contributed by atoms with van der Waals surface area (Å²) in [5, 5.41) is 0. The lowest BCUT2D eigenvalue weighted by atomic mass is 10.3. The Morgan fingerprint density at radius 1 is 0.828 bits per heavy atom. The summed E-state index contributed by atoms with van der Waals surface area (Å²) in [6.07, 6.45) is 0. The maximum atomic E-state index is 13.0. The van der Waals surface area contributed by atoms with Crippen molar-refractivity contribution in [2.24, 2.45) is 0 Å². The molecule has 0 aliphatic heterocycles. The molecule has 0 amide bonds. The van der Waals surface area contributed by atoms with Gasteiger partial charge >= 0.3 is 0 Å². The number of rotatable bonds is 6. The lowest BCUT2D eigenvalue weighted by molar-refractivity contribution is 0.599. The van der Waals surface area contributed by atoms with E-state index in [1.807, 2.05) is 0 Å². The zero-order valence-corrected chi connectivity index (χ0v) is 17.0. The van der Waals surface area contributed by atoms with Crippen LogP contribution in [0, 0.1) is 19.7 Å². The van der Waals surface area contributed by atoms with Crippen LogP contribution in [0.15, 0.2) is 64.4 Å². The smallest absolute Gasteiger partial charge is 0.261 e. The van der Waals surface area contributed by atoms with Crippen LogP contribution in [-0.2, 0) is 20.0 Å². The first-order valence-electron chi connectivity index (χ1n) is 8.24. The molecule has 0 spiro atoms. The highest BCUT2D eigenvalue weighted by Crippen LogP contribution is 2.26. The van der Waals surface area contributed by atoms with Gasteiger partial charge in [-0.25, -0.2) is 21.2 Å². The fraction of sp³-hybridized carbons (Fsp3) is 0.111. The highest BCUT2D eigenvalue weighted by molar-refractivity contribution is 7.94. The molecule has 0 radical (unpaired) electrons. The number of aryl methyl sites for hydroxylation is 2. The zero-order valence-electron chi connectivity index (χ0n) is 15.4. The van der Waals surface area contributed by atoms with Crippen LogP contribution in [0.5, 0.6) is 0 Å². The SMILES string of the molecule is Cc1cc(C)nc([N-]S(=O)(=O)c2ccc(NS(=O)(=O)c3ccc(F)cc3)cc2)n1. The van der Waals surface area contributed by atoms with Crippen molar-refractivity contribution in [1.82, 2.24) is 9.97 Å². The van der Waals surface area contributed by atoms with E-state index in [9.17, 15) is 21.2 Å². The number of hydrogen-bond acceptors (Lipinski definition) is 6. The van der Waals surface area contributed by atoms with Crippen molar-refractivity contribution >= 4 is 31.7 Å². The van der Waals surface area contributed by atoms with E-state index in [0.29, 0.717) is 11.4 Å². The lowest BCUT2D eigenvalue weighted by Gasteiger charge is -2.15. The minimum atomic E-state index is -4.08. The molecular formula is C18H16FN4O4S2-. The van der Waals surface area contributed by atoms with Crippen molar-refractivity contribution in [2.75, 3.05) is 4.72 Å². The molecule has 1 aromatic heterocycles. The number of nitrogens with zero attached hydrogens (tertiary/aromatic N) is 3. The van der Waals surface area contributed by atoms with E-state index in [2.05, 4.69) is 19.4 Å². The molecule has 0 aliphatic rings. The molecular weight excluding hydrogens is 419 g/mol. The second-order valence-electron chi connectivity index (χ2n) is 6.10. The van der Waals surface area contributed by atoms with Crippen LogP contribution in [-0.4, -0.2) is 26.8 Å². The first-order chi connectivity index (χ1) is 13.5. The third-order valence-electron chi connectivity index (χ3n) is 3.70. The summed E-state index contributed by atoms with van der Waals surface area (Å²) >= 11 is 0. The molecule has 0 atom stereocenters. The molecule has 2 aromatic carbocycles. The number of halogens is 1. The molecule has 0 aliphatic carbocycles. The summed E-state index contributed by atoms with van der Waals surface area (Å²) in [5.41, 5.74) is 1.30. The highest BCUT2D eigenvalue weighted by Gasteiger charge is 2.16. The Hall–Kier alpha value is -3.05. The van der Waals surface area contributed by atoms with Crippen LogP contribution >= 0.6 is 0 Å². The van der Waals surface area contributed by atoms with Crippen molar-refractivity contribution in [1.29, 1.82) is 0 Å². The molecule has 11 heteroatoms. The van der Waals surface area contributed by atoms with Gasteiger partial charge in [-0.05, 0) is 73.8 Å². The molecule has 29 heavy (non-hydrogen) atoms. The zero-order chi connectivity index (χ0) is 21.2.